The van der Waals surface area contributed by atoms with Crippen LogP contribution < -0.4 is 5.73 Å². The second-order valence-electron chi connectivity index (χ2n) is 4.21. The summed E-state index contributed by atoms with van der Waals surface area (Å²) in [5, 5.41) is 9.40. The fourth-order valence-electron chi connectivity index (χ4n) is 1.98. The number of anilines is 1. The molecule has 0 saturated carbocycles. The van der Waals surface area contributed by atoms with Gasteiger partial charge in [-0.2, -0.15) is 0 Å². The average Bonchev–Trinajstić information content (AvgIpc) is 2.68. The number of β-amino-alcohol motifs (C(OH)–C–C–N with tert-alkyl or cyclic N) is 1. The van der Waals surface area contributed by atoms with E-state index >= 15 is 0 Å². The number of hydrogen-bond acceptors (Lipinski definition) is 3. The molecule has 0 aliphatic carbocycles. The highest BCUT2D eigenvalue weighted by Crippen LogP contribution is 2.19. The lowest BCUT2D eigenvalue weighted by molar-refractivity contribution is 0.0764. The molecule has 0 spiro atoms. The zero-order chi connectivity index (χ0) is 11.7. The summed E-state index contributed by atoms with van der Waals surface area (Å²) in [7, 11) is 0. The summed E-state index contributed by atoms with van der Waals surface area (Å²) >= 11 is 0. The summed E-state index contributed by atoms with van der Waals surface area (Å²) in [6, 6.07) is 5.34. The first kappa shape index (κ1) is 11.0. The summed E-state index contributed by atoms with van der Waals surface area (Å²) in [5.41, 5.74) is 7.84. The number of nitrogens with two attached hydrogens (primary N) is 1. The number of carbonyl (C=O) groups is 1. The van der Waals surface area contributed by atoms with Gasteiger partial charge in [0.1, 0.15) is 0 Å². The molecule has 0 aromatic heterocycles. The Morgan fingerprint density at radius 1 is 1.56 bits per heavy atom. The molecule has 2 rings (SSSR count). The molecule has 1 aromatic carbocycles. The Bertz CT molecular complexity index is 417. The molecule has 0 bridgehead atoms. The molecule has 0 unspecified atom stereocenters. The highest BCUT2D eigenvalue weighted by molar-refractivity contribution is 5.97. The first-order chi connectivity index (χ1) is 7.59. The summed E-state index contributed by atoms with van der Waals surface area (Å²) in [4.78, 5) is 13.8. The van der Waals surface area contributed by atoms with Crippen molar-refractivity contribution in [3.05, 3.63) is 29.3 Å². The summed E-state index contributed by atoms with van der Waals surface area (Å²) in [5.74, 6) is -0.0404. The van der Waals surface area contributed by atoms with Crippen molar-refractivity contribution in [2.45, 2.75) is 19.4 Å². The maximum absolute atomic E-state index is 12.1. The summed E-state index contributed by atoms with van der Waals surface area (Å²) < 4.78 is 0. The Kier molecular flexibility index (Phi) is 2.83. The van der Waals surface area contributed by atoms with Crippen LogP contribution in [0.4, 0.5) is 5.69 Å². The molecular weight excluding hydrogens is 204 g/mol. The van der Waals surface area contributed by atoms with Gasteiger partial charge < -0.3 is 15.7 Å². The van der Waals surface area contributed by atoms with Crippen LogP contribution in [0, 0.1) is 6.92 Å². The van der Waals surface area contributed by atoms with Gasteiger partial charge in [0.15, 0.2) is 0 Å². The van der Waals surface area contributed by atoms with Crippen LogP contribution in [0.15, 0.2) is 18.2 Å². The van der Waals surface area contributed by atoms with Crippen molar-refractivity contribution in [2.75, 3.05) is 18.8 Å². The highest BCUT2D eigenvalue weighted by Gasteiger charge is 2.26. The number of carbonyl (C=O) groups excluding carboxylic acids is 1. The molecule has 4 nitrogen and oxygen atoms in total. The number of amides is 1. The third kappa shape index (κ3) is 1.88. The minimum atomic E-state index is -0.384. The van der Waals surface area contributed by atoms with E-state index in [1.165, 1.54) is 0 Å². The predicted molar refractivity (Wildman–Crippen MR) is 62.1 cm³/mol. The van der Waals surface area contributed by atoms with Gasteiger partial charge in [-0.15, -0.1) is 0 Å². The SMILES string of the molecule is Cc1c(N)cccc1C(=O)N1CC[C@@H](O)C1. The van der Waals surface area contributed by atoms with Crippen molar-refractivity contribution in [3.8, 4) is 0 Å². The Morgan fingerprint density at radius 3 is 2.94 bits per heavy atom. The molecule has 86 valence electrons. The summed E-state index contributed by atoms with van der Waals surface area (Å²) in [6.45, 7) is 2.89. The van der Waals surface area contributed by atoms with E-state index in [9.17, 15) is 9.90 Å². The van der Waals surface area contributed by atoms with Crippen LogP contribution >= 0.6 is 0 Å². The number of rotatable bonds is 1. The average molecular weight is 220 g/mol. The van der Waals surface area contributed by atoms with Crippen LogP contribution in [0.5, 0.6) is 0 Å². The lowest BCUT2D eigenvalue weighted by Gasteiger charge is -2.17. The van der Waals surface area contributed by atoms with Crippen molar-refractivity contribution in [1.29, 1.82) is 0 Å². The van der Waals surface area contributed by atoms with E-state index in [1.54, 1.807) is 23.1 Å². The quantitative estimate of drug-likeness (QED) is 0.687. The number of hydrogen-bond donors (Lipinski definition) is 2. The third-order valence-electron chi connectivity index (χ3n) is 3.06. The molecule has 1 heterocycles. The van der Waals surface area contributed by atoms with Gasteiger partial charge in [0.25, 0.3) is 5.91 Å². The number of likely N-dealkylation sites (tertiary alicyclic amines) is 1. The van der Waals surface area contributed by atoms with Crippen LogP contribution in [0.2, 0.25) is 0 Å². The smallest absolute Gasteiger partial charge is 0.254 e. The van der Waals surface area contributed by atoms with Crippen LogP contribution in [-0.4, -0.2) is 35.1 Å². The number of benzene rings is 1. The number of nitrogen functional groups attached to an aromatic ring is 1. The van der Waals surface area contributed by atoms with Gasteiger partial charge in [-0.25, -0.2) is 0 Å². The van der Waals surface area contributed by atoms with E-state index < -0.39 is 0 Å². The van der Waals surface area contributed by atoms with Crippen molar-refractivity contribution >= 4 is 11.6 Å². The van der Waals surface area contributed by atoms with Crippen molar-refractivity contribution < 1.29 is 9.90 Å². The van der Waals surface area contributed by atoms with Gasteiger partial charge >= 0.3 is 0 Å². The van der Waals surface area contributed by atoms with E-state index in [1.807, 2.05) is 6.92 Å². The lowest BCUT2D eigenvalue weighted by Crippen LogP contribution is -2.30. The Labute approximate surface area is 94.7 Å². The maximum atomic E-state index is 12.1. The largest absolute Gasteiger partial charge is 0.398 e. The van der Waals surface area contributed by atoms with Gasteiger partial charge in [-0.3, -0.25) is 4.79 Å². The van der Waals surface area contributed by atoms with Crippen molar-refractivity contribution in [3.63, 3.8) is 0 Å². The zero-order valence-corrected chi connectivity index (χ0v) is 9.31. The molecule has 0 radical (unpaired) electrons. The standard InChI is InChI=1S/C12H16N2O2/c1-8-10(3-2-4-11(8)13)12(16)14-6-5-9(15)7-14/h2-4,9,15H,5-7,13H2,1H3/t9-/m1/s1. The third-order valence-corrected chi connectivity index (χ3v) is 3.06. The van der Waals surface area contributed by atoms with Crippen molar-refractivity contribution in [2.24, 2.45) is 0 Å². The Hall–Kier alpha value is -1.55. The van der Waals surface area contributed by atoms with E-state index in [2.05, 4.69) is 0 Å². The normalized spacial score (nSPS) is 20.1. The van der Waals surface area contributed by atoms with Gasteiger partial charge in [0.05, 0.1) is 6.10 Å². The van der Waals surface area contributed by atoms with E-state index in [-0.39, 0.29) is 12.0 Å². The topological polar surface area (TPSA) is 66.6 Å². The molecule has 1 aliphatic rings. The molecule has 1 saturated heterocycles. The zero-order valence-electron chi connectivity index (χ0n) is 9.31. The molecule has 1 atom stereocenters. The maximum Gasteiger partial charge on any atom is 0.254 e. The number of aliphatic hydroxyl groups is 1. The van der Waals surface area contributed by atoms with Crippen LogP contribution in [0.3, 0.4) is 0 Å². The van der Waals surface area contributed by atoms with E-state index in [0.717, 1.165) is 5.56 Å². The van der Waals surface area contributed by atoms with Crippen LogP contribution in [0.1, 0.15) is 22.3 Å². The second kappa shape index (κ2) is 4.14. The molecule has 4 heteroatoms. The second-order valence-corrected chi connectivity index (χ2v) is 4.21. The minimum absolute atomic E-state index is 0.0404. The van der Waals surface area contributed by atoms with Crippen molar-refractivity contribution in [1.82, 2.24) is 4.90 Å². The van der Waals surface area contributed by atoms with E-state index in [0.29, 0.717) is 30.8 Å². The van der Waals surface area contributed by atoms with E-state index in [4.69, 9.17) is 5.73 Å². The Morgan fingerprint density at radius 2 is 2.31 bits per heavy atom. The first-order valence-corrected chi connectivity index (χ1v) is 5.42. The molecular formula is C12H16N2O2. The first-order valence-electron chi connectivity index (χ1n) is 5.42. The Balaban J connectivity index is 2.24. The molecule has 1 aliphatic heterocycles. The summed E-state index contributed by atoms with van der Waals surface area (Å²) in [6.07, 6.45) is 0.276. The van der Waals surface area contributed by atoms with Gasteiger partial charge in [-0.05, 0) is 31.0 Å². The molecule has 1 fully saturated rings. The number of nitrogens with zero attached hydrogens (tertiary/aromatic N) is 1. The fraction of sp³-hybridized carbons (Fsp3) is 0.417. The minimum Gasteiger partial charge on any atom is -0.398 e. The number of aliphatic hydroxyl groups excluding tert-OH is 1. The molecule has 16 heavy (non-hydrogen) atoms. The lowest BCUT2D eigenvalue weighted by atomic mass is 10.1. The van der Waals surface area contributed by atoms with Gasteiger partial charge in [0, 0.05) is 24.3 Å². The molecule has 1 aromatic rings. The fourth-order valence-corrected chi connectivity index (χ4v) is 1.98. The van der Waals surface area contributed by atoms with Crippen LogP contribution in [-0.2, 0) is 0 Å². The molecule has 3 N–H and O–H groups in total. The van der Waals surface area contributed by atoms with Crippen LogP contribution in [0.25, 0.3) is 0 Å². The van der Waals surface area contributed by atoms with Gasteiger partial charge in [-0.1, -0.05) is 6.07 Å². The predicted octanol–water partition coefficient (Wildman–Crippen LogP) is 0.784. The monoisotopic (exact) mass is 220 g/mol. The highest BCUT2D eigenvalue weighted by atomic mass is 16.3. The van der Waals surface area contributed by atoms with Gasteiger partial charge in [0.2, 0.25) is 0 Å². The molecule has 1 amide bonds.